The minimum atomic E-state index is -0.429. The number of fused-ring (bicyclic) bond motifs is 1. The van der Waals surface area contributed by atoms with Crippen LogP contribution in [0.5, 0.6) is 0 Å². The van der Waals surface area contributed by atoms with Crippen LogP contribution in [0, 0.1) is 19.8 Å². The molecule has 3 atom stereocenters. The Bertz CT molecular complexity index is 1050. The Morgan fingerprint density at radius 2 is 1.86 bits per heavy atom. The Labute approximate surface area is 175 Å². The monoisotopic (exact) mass is 409 g/mol. The fraction of sp³-hybridized carbons (Fsp3) is 0.318. The zero-order chi connectivity index (χ0) is 20.5. The van der Waals surface area contributed by atoms with Gasteiger partial charge in [-0.15, -0.1) is 0 Å². The van der Waals surface area contributed by atoms with Crippen LogP contribution >= 0.6 is 11.6 Å². The molecule has 1 aliphatic rings. The normalized spacial score (nSPS) is 21.8. The number of aryl methyl sites for hydroxylation is 2. The molecule has 0 radical (unpaired) electrons. The summed E-state index contributed by atoms with van der Waals surface area (Å²) in [7, 11) is 0. The second-order valence-corrected chi connectivity index (χ2v) is 8.07. The summed E-state index contributed by atoms with van der Waals surface area (Å²) in [5.74, 6) is 0.313. The van der Waals surface area contributed by atoms with E-state index in [0.29, 0.717) is 17.4 Å². The van der Waals surface area contributed by atoms with Crippen molar-refractivity contribution in [1.82, 2.24) is 20.6 Å². The maximum atomic E-state index is 12.7. The lowest BCUT2D eigenvalue weighted by Gasteiger charge is -2.36. The first kappa shape index (κ1) is 19.6. The standard InChI is InChI=1S/C22H24ClN5O/c1-12-4-9-19-17(10-12)13(2)24-21(26-19)28-22-25-14(3)18(20(29)27-22)11-15-5-7-16(23)8-6-15/h4-10,14,18,22,25H,11H2,1-3H3,(H,27,29)(H,24,26,28). The van der Waals surface area contributed by atoms with E-state index in [9.17, 15) is 4.79 Å². The molecule has 2 heterocycles. The van der Waals surface area contributed by atoms with Gasteiger partial charge < -0.3 is 10.6 Å². The van der Waals surface area contributed by atoms with Crippen molar-refractivity contribution >= 4 is 34.4 Å². The fourth-order valence-electron chi connectivity index (χ4n) is 3.71. The average molecular weight is 410 g/mol. The van der Waals surface area contributed by atoms with Crippen LogP contribution in [-0.4, -0.2) is 28.2 Å². The van der Waals surface area contributed by atoms with Gasteiger partial charge in [0, 0.05) is 16.5 Å². The van der Waals surface area contributed by atoms with Crippen molar-refractivity contribution in [2.75, 3.05) is 5.32 Å². The molecule has 1 aromatic heterocycles. The Kier molecular flexibility index (Phi) is 5.39. The van der Waals surface area contributed by atoms with Crippen LogP contribution in [0.15, 0.2) is 42.5 Å². The maximum Gasteiger partial charge on any atom is 0.227 e. The van der Waals surface area contributed by atoms with Crippen LogP contribution in [0.25, 0.3) is 10.9 Å². The molecule has 1 aliphatic heterocycles. The van der Waals surface area contributed by atoms with E-state index in [0.717, 1.165) is 22.2 Å². The largest absolute Gasteiger partial charge is 0.323 e. The summed E-state index contributed by atoms with van der Waals surface area (Å²) in [6, 6.07) is 13.7. The van der Waals surface area contributed by atoms with Crippen molar-refractivity contribution in [3.8, 4) is 0 Å². The first-order valence-electron chi connectivity index (χ1n) is 9.71. The van der Waals surface area contributed by atoms with E-state index in [-0.39, 0.29) is 17.9 Å². The second kappa shape index (κ2) is 7.97. The molecule has 1 saturated heterocycles. The second-order valence-electron chi connectivity index (χ2n) is 7.63. The van der Waals surface area contributed by atoms with E-state index in [1.165, 1.54) is 5.56 Å². The molecule has 3 unspecified atom stereocenters. The molecule has 6 nitrogen and oxygen atoms in total. The molecule has 150 valence electrons. The summed E-state index contributed by atoms with van der Waals surface area (Å²) in [5, 5.41) is 11.3. The number of rotatable bonds is 4. The maximum absolute atomic E-state index is 12.7. The van der Waals surface area contributed by atoms with Gasteiger partial charge in [-0.05, 0) is 57.0 Å². The lowest BCUT2D eigenvalue weighted by molar-refractivity contribution is -0.128. The number of halogens is 1. The van der Waals surface area contributed by atoms with E-state index < -0.39 is 6.29 Å². The number of hydrogen-bond donors (Lipinski definition) is 3. The zero-order valence-electron chi connectivity index (χ0n) is 16.7. The van der Waals surface area contributed by atoms with Crippen LogP contribution in [-0.2, 0) is 11.2 Å². The molecular weight excluding hydrogens is 386 g/mol. The topological polar surface area (TPSA) is 78.9 Å². The van der Waals surface area contributed by atoms with Gasteiger partial charge >= 0.3 is 0 Å². The number of nitrogens with zero attached hydrogens (tertiary/aromatic N) is 2. The number of benzene rings is 2. The van der Waals surface area contributed by atoms with Crippen LogP contribution in [0.3, 0.4) is 0 Å². The van der Waals surface area contributed by atoms with Crippen molar-refractivity contribution in [2.24, 2.45) is 5.92 Å². The third kappa shape index (κ3) is 4.33. The first-order chi connectivity index (χ1) is 13.9. The molecule has 0 spiro atoms. The molecular formula is C22H24ClN5O. The molecule has 0 aliphatic carbocycles. The molecule has 2 aromatic carbocycles. The summed E-state index contributed by atoms with van der Waals surface area (Å²) in [6.45, 7) is 6.03. The van der Waals surface area contributed by atoms with E-state index in [4.69, 9.17) is 11.6 Å². The van der Waals surface area contributed by atoms with Crippen molar-refractivity contribution in [3.63, 3.8) is 0 Å². The van der Waals surface area contributed by atoms with Crippen LogP contribution in [0.1, 0.15) is 23.7 Å². The molecule has 3 N–H and O–H groups in total. The highest BCUT2D eigenvalue weighted by atomic mass is 35.5. The molecule has 3 aromatic rings. The third-order valence-electron chi connectivity index (χ3n) is 5.34. The molecule has 1 amide bonds. The molecule has 4 rings (SSSR count). The Morgan fingerprint density at radius 3 is 2.59 bits per heavy atom. The van der Waals surface area contributed by atoms with Crippen LogP contribution in [0.2, 0.25) is 5.02 Å². The van der Waals surface area contributed by atoms with E-state index in [1.807, 2.05) is 57.2 Å². The molecule has 0 saturated carbocycles. The third-order valence-corrected chi connectivity index (χ3v) is 5.59. The quantitative estimate of drug-likeness (QED) is 0.614. The predicted octanol–water partition coefficient (Wildman–Crippen LogP) is 3.56. The minimum absolute atomic E-state index is 0.00293. The van der Waals surface area contributed by atoms with Gasteiger partial charge in [0.15, 0.2) is 6.29 Å². The summed E-state index contributed by atoms with van der Waals surface area (Å²) >= 11 is 5.95. The van der Waals surface area contributed by atoms with Gasteiger partial charge in [0.2, 0.25) is 11.9 Å². The molecule has 7 heteroatoms. The van der Waals surface area contributed by atoms with Crippen LogP contribution < -0.4 is 16.0 Å². The van der Waals surface area contributed by atoms with Gasteiger partial charge in [0.1, 0.15) is 0 Å². The Balaban J connectivity index is 1.46. The molecule has 0 bridgehead atoms. The number of carbonyl (C=O) groups excluding carboxylic acids is 1. The van der Waals surface area contributed by atoms with Gasteiger partial charge in [0.25, 0.3) is 0 Å². The summed E-state index contributed by atoms with van der Waals surface area (Å²) in [4.78, 5) is 21.9. The lowest BCUT2D eigenvalue weighted by Crippen LogP contribution is -2.63. The minimum Gasteiger partial charge on any atom is -0.323 e. The van der Waals surface area contributed by atoms with Crippen molar-refractivity contribution < 1.29 is 4.79 Å². The van der Waals surface area contributed by atoms with Crippen LogP contribution in [0.4, 0.5) is 5.95 Å². The molecule has 29 heavy (non-hydrogen) atoms. The summed E-state index contributed by atoms with van der Waals surface area (Å²) < 4.78 is 0. The molecule has 1 fully saturated rings. The van der Waals surface area contributed by atoms with Gasteiger partial charge in [0.05, 0.1) is 17.1 Å². The number of hydrogen-bond acceptors (Lipinski definition) is 5. The first-order valence-corrected chi connectivity index (χ1v) is 10.1. The van der Waals surface area contributed by atoms with Gasteiger partial charge in [-0.3, -0.25) is 10.1 Å². The van der Waals surface area contributed by atoms with E-state index in [1.54, 1.807) is 0 Å². The Morgan fingerprint density at radius 1 is 1.10 bits per heavy atom. The zero-order valence-corrected chi connectivity index (χ0v) is 17.4. The SMILES string of the molecule is Cc1ccc2nc(NC3NC(=O)C(Cc4ccc(Cl)cc4)C(C)N3)nc(C)c2c1. The van der Waals surface area contributed by atoms with Gasteiger partial charge in [-0.2, -0.15) is 0 Å². The van der Waals surface area contributed by atoms with Gasteiger partial charge in [-0.25, -0.2) is 9.97 Å². The van der Waals surface area contributed by atoms with Crippen molar-refractivity contribution in [3.05, 3.63) is 64.3 Å². The number of amides is 1. The highest BCUT2D eigenvalue weighted by Crippen LogP contribution is 2.21. The summed E-state index contributed by atoms with van der Waals surface area (Å²) in [5.41, 5.74) is 4.03. The number of nitrogens with one attached hydrogen (secondary N) is 3. The van der Waals surface area contributed by atoms with E-state index >= 15 is 0 Å². The summed E-state index contributed by atoms with van der Waals surface area (Å²) in [6.07, 6.45) is 0.218. The number of anilines is 1. The Hall–Kier alpha value is -2.70. The predicted molar refractivity (Wildman–Crippen MR) is 116 cm³/mol. The highest BCUT2D eigenvalue weighted by Gasteiger charge is 2.33. The fourth-order valence-corrected chi connectivity index (χ4v) is 3.83. The van der Waals surface area contributed by atoms with Crippen molar-refractivity contribution in [1.29, 1.82) is 0 Å². The van der Waals surface area contributed by atoms with Gasteiger partial charge in [-0.1, -0.05) is 35.4 Å². The lowest BCUT2D eigenvalue weighted by atomic mass is 9.91. The highest BCUT2D eigenvalue weighted by molar-refractivity contribution is 6.30. The average Bonchev–Trinajstić information content (AvgIpc) is 2.67. The van der Waals surface area contributed by atoms with E-state index in [2.05, 4.69) is 32.0 Å². The number of carbonyl (C=O) groups is 1. The number of aromatic nitrogens is 2. The smallest absolute Gasteiger partial charge is 0.227 e. The van der Waals surface area contributed by atoms with Crippen molar-refractivity contribution in [2.45, 2.75) is 39.5 Å².